The first kappa shape index (κ1) is 33.6. The van der Waals surface area contributed by atoms with Gasteiger partial charge in [0.1, 0.15) is 0 Å². The number of hydrogen-bond acceptors (Lipinski definition) is 2. The molecule has 0 atom stereocenters. The van der Waals surface area contributed by atoms with Crippen LogP contribution in [0.3, 0.4) is 0 Å². The standard InChI is InChI=1S/C26H56N.C3H6O2/c1-5-7-9-11-13-15-17-19-21-23-25-27(3,4)26-24-22-20-18-16-14-12-10-8-6-2;1-2-3(4)5/h5-26H2,1-4H3;2H2,1H3,(H,4,5)/q+1;/p-1. The SMILES string of the molecule is CCC(=O)[O-].CCCCCCCCCCCC[N+](C)(C)CCCCCCCCCCCC. The molecule has 0 unspecified atom stereocenters. The van der Waals surface area contributed by atoms with Crippen LogP contribution >= 0.6 is 0 Å². The highest BCUT2D eigenvalue weighted by Crippen LogP contribution is 2.14. The van der Waals surface area contributed by atoms with Crippen LogP contribution in [-0.4, -0.2) is 37.6 Å². The van der Waals surface area contributed by atoms with E-state index in [2.05, 4.69) is 27.9 Å². The Kier molecular flexibility index (Phi) is 28.0. The van der Waals surface area contributed by atoms with Gasteiger partial charge >= 0.3 is 0 Å². The Morgan fingerprint density at radius 3 is 0.938 bits per heavy atom. The van der Waals surface area contributed by atoms with Crippen molar-refractivity contribution < 1.29 is 14.4 Å². The number of unbranched alkanes of at least 4 members (excludes halogenated alkanes) is 18. The van der Waals surface area contributed by atoms with Gasteiger partial charge in [0.05, 0.1) is 27.2 Å². The molecule has 0 fully saturated rings. The predicted molar refractivity (Wildman–Crippen MR) is 141 cm³/mol. The molecule has 0 heterocycles. The summed E-state index contributed by atoms with van der Waals surface area (Å²) in [6, 6.07) is 0. The monoisotopic (exact) mass is 455 g/mol. The Bertz CT molecular complexity index is 342. The van der Waals surface area contributed by atoms with E-state index in [1.165, 1.54) is 153 Å². The molecular weight excluding hydrogens is 394 g/mol. The summed E-state index contributed by atoms with van der Waals surface area (Å²) in [4.78, 5) is 9.26. The molecule has 0 bridgehead atoms. The molecule has 0 amide bonds. The number of carboxylic acids is 1. The molecule has 0 spiro atoms. The summed E-state index contributed by atoms with van der Waals surface area (Å²) in [5, 5.41) is 9.26. The highest BCUT2D eigenvalue weighted by atomic mass is 16.4. The number of aliphatic carboxylic acids is 1. The van der Waals surface area contributed by atoms with E-state index in [1.807, 2.05) is 0 Å². The van der Waals surface area contributed by atoms with Gasteiger partial charge in [-0.25, -0.2) is 0 Å². The van der Waals surface area contributed by atoms with Crippen molar-refractivity contribution in [2.24, 2.45) is 0 Å². The second kappa shape index (κ2) is 26.7. The summed E-state index contributed by atoms with van der Waals surface area (Å²) in [7, 11) is 4.89. The second-order valence-corrected chi connectivity index (χ2v) is 10.5. The van der Waals surface area contributed by atoms with E-state index in [0.717, 1.165) is 0 Å². The average Bonchev–Trinajstić information content (AvgIpc) is 2.76. The van der Waals surface area contributed by atoms with Crippen LogP contribution < -0.4 is 5.11 Å². The Balaban J connectivity index is 0. The quantitative estimate of drug-likeness (QED) is 0.115. The lowest BCUT2D eigenvalue weighted by molar-refractivity contribution is -0.890. The van der Waals surface area contributed by atoms with Crippen LogP contribution in [0.5, 0.6) is 0 Å². The van der Waals surface area contributed by atoms with Gasteiger partial charge in [-0.3, -0.25) is 0 Å². The van der Waals surface area contributed by atoms with E-state index >= 15 is 0 Å². The number of hydrogen-bond donors (Lipinski definition) is 0. The molecule has 0 aliphatic heterocycles. The Morgan fingerprint density at radius 2 is 0.719 bits per heavy atom. The zero-order valence-electron chi connectivity index (χ0n) is 23.0. The Hall–Kier alpha value is -0.570. The minimum absolute atomic E-state index is 0.111. The van der Waals surface area contributed by atoms with E-state index in [9.17, 15) is 9.90 Å². The lowest BCUT2D eigenvalue weighted by Gasteiger charge is -2.30. The highest BCUT2D eigenvalue weighted by molar-refractivity contribution is 5.63. The normalized spacial score (nSPS) is 11.3. The van der Waals surface area contributed by atoms with Crippen molar-refractivity contribution in [2.75, 3.05) is 27.2 Å². The molecule has 0 N–H and O–H groups in total. The molecular formula is C29H61NO2. The smallest absolute Gasteiger partial charge is 0.0782 e. The molecule has 0 aromatic rings. The molecule has 0 aliphatic carbocycles. The first-order valence-corrected chi connectivity index (χ1v) is 14.4. The summed E-state index contributed by atoms with van der Waals surface area (Å²) < 4.78 is 1.24. The first-order chi connectivity index (χ1) is 15.4. The maximum Gasteiger partial charge on any atom is 0.0782 e. The lowest BCUT2D eigenvalue weighted by atomic mass is 10.1. The van der Waals surface area contributed by atoms with Crippen molar-refractivity contribution >= 4 is 5.97 Å². The first-order valence-electron chi connectivity index (χ1n) is 14.4. The molecule has 3 heteroatoms. The van der Waals surface area contributed by atoms with Gasteiger partial charge in [-0.15, -0.1) is 0 Å². The van der Waals surface area contributed by atoms with E-state index in [0.29, 0.717) is 0 Å². The van der Waals surface area contributed by atoms with Crippen molar-refractivity contribution in [3.05, 3.63) is 0 Å². The molecule has 0 aliphatic rings. The molecule has 0 rings (SSSR count). The zero-order chi connectivity index (χ0) is 24.3. The minimum Gasteiger partial charge on any atom is -0.550 e. The maximum absolute atomic E-state index is 9.26. The number of nitrogens with zero attached hydrogens (tertiary/aromatic N) is 1. The third kappa shape index (κ3) is 31.6. The molecule has 3 nitrogen and oxygen atoms in total. The second-order valence-electron chi connectivity index (χ2n) is 10.5. The number of carbonyl (C=O) groups is 1. The molecule has 0 aromatic carbocycles. The highest BCUT2D eigenvalue weighted by Gasteiger charge is 2.13. The van der Waals surface area contributed by atoms with Crippen LogP contribution in [0.15, 0.2) is 0 Å². The summed E-state index contributed by atoms with van der Waals surface area (Å²) in [6.07, 6.45) is 29.1. The number of carboxylic acid groups (broad SMARTS) is 1. The van der Waals surface area contributed by atoms with Gasteiger partial charge in [-0.05, 0) is 32.1 Å². The number of carbonyl (C=O) groups excluding carboxylic acids is 1. The van der Waals surface area contributed by atoms with Crippen LogP contribution in [0, 0.1) is 0 Å². The van der Waals surface area contributed by atoms with E-state index in [1.54, 1.807) is 0 Å². The van der Waals surface area contributed by atoms with Crippen LogP contribution in [-0.2, 0) is 4.79 Å². The number of rotatable bonds is 23. The van der Waals surface area contributed by atoms with Crippen molar-refractivity contribution in [1.82, 2.24) is 0 Å². The fraction of sp³-hybridized carbons (Fsp3) is 0.966. The summed E-state index contributed by atoms with van der Waals surface area (Å²) in [5.41, 5.74) is 0. The molecule has 0 saturated carbocycles. The molecule has 0 radical (unpaired) electrons. The van der Waals surface area contributed by atoms with Gasteiger partial charge in [-0.1, -0.05) is 124 Å². The van der Waals surface area contributed by atoms with Crippen LogP contribution in [0.2, 0.25) is 0 Å². The van der Waals surface area contributed by atoms with Gasteiger partial charge in [0.15, 0.2) is 0 Å². The lowest BCUT2D eigenvalue weighted by Crippen LogP contribution is -2.41. The van der Waals surface area contributed by atoms with Crippen molar-refractivity contribution in [2.45, 2.75) is 156 Å². The van der Waals surface area contributed by atoms with Gasteiger partial charge < -0.3 is 14.4 Å². The topological polar surface area (TPSA) is 40.1 Å². The predicted octanol–water partition coefficient (Wildman–Crippen LogP) is 8.05. The average molecular weight is 456 g/mol. The van der Waals surface area contributed by atoms with Gasteiger partial charge in [0, 0.05) is 5.97 Å². The van der Waals surface area contributed by atoms with Crippen LogP contribution in [0.4, 0.5) is 0 Å². The van der Waals surface area contributed by atoms with Crippen molar-refractivity contribution in [3.8, 4) is 0 Å². The fourth-order valence-electron chi connectivity index (χ4n) is 4.17. The number of quaternary nitrogens is 1. The molecule has 0 saturated heterocycles. The van der Waals surface area contributed by atoms with Gasteiger partial charge in [0.2, 0.25) is 0 Å². The maximum atomic E-state index is 9.26. The summed E-state index contributed by atoms with van der Waals surface area (Å²) in [5.74, 6) is -0.995. The van der Waals surface area contributed by atoms with Crippen LogP contribution in [0.25, 0.3) is 0 Å². The van der Waals surface area contributed by atoms with Crippen LogP contribution in [0.1, 0.15) is 156 Å². The van der Waals surface area contributed by atoms with Crippen molar-refractivity contribution in [1.29, 1.82) is 0 Å². The summed E-state index contributed by atoms with van der Waals surface area (Å²) in [6.45, 7) is 8.91. The molecule has 32 heavy (non-hydrogen) atoms. The fourth-order valence-corrected chi connectivity index (χ4v) is 4.17. The van der Waals surface area contributed by atoms with Gasteiger partial charge in [-0.2, -0.15) is 0 Å². The Labute approximate surface area is 203 Å². The molecule has 194 valence electrons. The third-order valence-corrected chi connectivity index (χ3v) is 6.52. The molecule has 0 aromatic heterocycles. The Morgan fingerprint density at radius 1 is 0.500 bits per heavy atom. The largest absolute Gasteiger partial charge is 0.550 e. The third-order valence-electron chi connectivity index (χ3n) is 6.52. The minimum atomic E-state index is -0.995. The van der Waals surface area contributed by atoms with E-state index in [-0.39, 0.29) is 6.42 Å². The summed E-state index contributed by atoms with van der Waals surface area (Å²) >= 11 is 0. The zero-order valence-corrected chi connectivity index (χ0v) is 23.0. The van der Waals surface area contributed by atoms with Gasteiger partial charge in [0.25, 0.3) is 0 Å². The van der Waals surface area contributed by atoms with Crippen molar-refractivity contribution in [3.63, 3.8) is 0 Å². The van der Waals surface area contributed by atoms with E-state index in [4.69, 9.17) is 0 Å². The van der Waals surface area contributed by atoms with E-state index < -0.39 is 5.97 Å².